The van der Waals surface area contributed by atoms with Crippen molar-refractivity contribution >= 4 is 75.8 Å². The first-order valence-corrected chi connectivity index (χ1v) is 26.3. The number of ether oxygens (including phenoxy) is 4. The van der Waals surface area contributed by atoms with E-state index < -0.39 is 47.6 Å². The Morgan fingerprint density at radius 3 is 1.62 bits per heavy atom. The Labute approximate surface area is 455 Å². The Morgan fingerprint density at radius 2 is 1.10 bits per heavy atom. The maximum atomic E-state index is 14.1. The van der Waals surface area contributed by atoms with Gasteiger partial charge < -0.3 is 60.2 Å². The number of methoxy groups -OCH3 is 2. The molecule has 0 aromatic heterocycles. The number of carbonyl (C=O) groups is 8. The predicted octanol–water partition coefficient (Wildman–Crippen LogP) is 5.97. The number of para-hydroxylation sites is 2. The molecule has 0 spiro atoms. The van der Waals surface area contributed by atoms with E-state index in [-0.39, 0.29) is 75.6 Å². The van der Waals surface area contributed by atoms with Gasteiger partial charge in [-0.2, -0.15) is 0 Å². The van der Waals surface area contributed by atoms with Gasteiger partial charge in [-0.25, -0.2) is 4.79 Å². The van der Waals surface area contributed by atoms with E-state index in [1.54, 1.807) is 36.4 Å². The smallest absolute Gasteiger partial charge is 0.333 e. The largest absolute Gasteiger partial charge is 0.493 e. The van der Waals surface area contributed by atoms with Gasteiger partial charge in [-0.05, 0) is 104 Å². The Balaban J connectivity index is 0.823. The van der Waals surface area contributed by atoms with Crippen molar-refractivity contribution in [2.24, 2.45) is 0 Å². The van der Waals surface area contributed by atoms with E-state index >= 15 is 0 Å². The molecule has 0 aliphatic carbocycles. The average molecular weight is 1080 g/mol. The third-order valence-corrected chi connectivity index (χ3v) is 14.6. The summed E-state index contributed by atoms with van der Waals surface area (Å²) in [4.78, 5) is 112. The van der Waals surface area contributed by atoms with Crippen LogP contribution in [-0.2, 0) is 59.7 Å². The molecule has 7 amide bonds. The summed E-state index contributed by atoms with van der Waals surface area (Å²) >= 11 is 0. The first-order valence-electron chi connectivity index (χ1n) is 26.3. The predicted molar refractivity (Wildman–Crippen MR) is 289 cm³/mol. The molecule has 21 heteroatoms. The molecule has 1 saturated heterocycles. The van der Waals surface area contributed by atoms with Crippen LogP contribution < -0.4 is 55.3 Å². The third kappa shape index (κ3) is 11.3. The molecule has 0 saturated carbocycles. The van der Waals surface area contributed by atoms with Crippen molar-refractivity contribution in [3.8, 4) is 23.0 Å². The molecular formula is C58H60N8O13. The minimum Gasteiger partial charge on any atom is -0.493 e. The standard InChI is InChI=1S/C58H60N8O13/c1-32(61-51(67)15-9-10-16-54(70)79-66-52(68)17-18-53(66)69)55(71)62-33(2)56(72)63-38-20-34(30-77-49-26-43-41(24-47(49)75-3)57(73)64-39(28-59-43)22-36-11-5-7-13-45(36)64)19-35(21-38)31-78-50-27-44-42(25-48(50)76-4)58(74)65-40(29-60-44)23-37-12-6-8-14-46(37)65/h5-8,11-14,19-21,24-27,32-33,39-40,59-60H,9-10,15-18,22-23,28-31H2,1-4H3,(H,61,67)(H,62,71)(H,63,72)/t32-,33-,39-,40-/m0/s1. The van der Waals surface area contributed by atoms with Crippen molar-refractivity contribution in [3.63, 3.8) is 0 Å². The molecular weight excluding hydrogens is 1020 g/mol. The molecule has 1 fully saturated rings. The summed E-state index contributed by atoms with van der Waals surface area (Å²) in [5, 5.41) is 15.5. The van der Waals surface area contributed by atoms with E-state index in [9.17, 15) is 38.4 Å². The minimum absolute atomic E-state index is 0.0209. The number of anilines is 5. The molecule has 79 heavy (non-hydrogen) atoms. The van der Waals surface area contributed by atoms with E-state index in [0.717, 1.165) is 35.3 Å². The summed E-state index contributed by atoms with van der Waals surface area (Å²) in [5.41, 5.74) is 7.62. The minimum atomic E-state index is -1.07. The zero-order valence-electron chi connectivity index (χ0n) is 44.1. The number of fused-ring (bicyclic) bond motifs is 8. The molecule has 0 bridgehead atoms. The summed E-state index contributed by atoms with van der Waals surface area (Å²) < 4.78 is 24.5. The van der Waals surface area contributed by atoms with Crippen LogP contribution in [0.1, 0.15) is 95.3 Å². The fourth-order valence-electron chi connectivity index (χ4n) is 10.5. The summed E-state index contributed by atoms with van der Waals surface area (Å²) in [6, 6.07) is 25.7. The third-order valence-electron chi connectivity index (χ3n) is 14.6. The van der Waals surface area contributed by atoms with Gasteiger partial charge in [0.25, 0.3) is 23.6 Å². The number of amides is 7. The second kappa shape index (κ2) is 22.8. The van der Waals surface area contributed by atoms with Crippen LogP contribution in [0.3, 0.4) is 0 Å². The van der Waals surface area contributed by atoms with E-state index in [4.69, 9.17) is 23.8 Å². The molecule has 5 aliphatic rings. The van der Waals surface area contributed by atoms with Crippen LogP contribution in [0.15, 0.2) is 91.0 Å². The Morgan fingerprint density at radius 1 is 0.608 bits per heavy atom. The van der Waals surface area contributed by atoms with Crippen LogP contribution >= 0.6 is 0 Å². The first-order chi connectivity index (χ1) is 38.2. The number of nitrogens with one attached hydrogen (secondary N) is 5. The van der Waals surface area contributed by atoms with Gasteiger partial charge in [-0.1, -0.05) is 36.4 Å². The molecule has 4 atom stereocenters. The van der Waals surface area contributed by atoms with Crippen molar-refractivity contribution in [2.45, 2.75) is 103 Å². The average Bonchev–Trinajstić information content (AvgIpc) is 4.29. The van der Waals surface area contributed by atoms with Crippen molar-refractivity contribution in [1.29, 1.82) is 0 Å². The van der Waals surface area contributed by atoms with Crippen LogP contribution in [0.4, 0.5) is 28.4 Å². The monoisotopic (exact) mass is 1080 g/mol. The number of imide groups is 1. The molecule has 10 rings (SSSR count). The first kappa shape index (κ1) is 53.3. The van der Waals surface area contributed by atoms with Crippen molar-refractivity contribution in [2.75, 3.05) is 53.1 Å². The highest BCUT2D eigenvalue weighted by Crippen LogP contribution is 2.43. The van der Waals surface area contributed by atoms with Gasteiger partial charge in [0.2, 0.25) is 17.7 Å². The molecule has 21 nitrogen and oxygen atoms in total. The number of carbonyl (C=O) groups excluding carboxylic acids is 8. The molecule has 5 aromatic carbocycles. The molecule has 0 radical (unpaired) electrons. The number of benzene rings is 5. The van der Waals surface area contributed by atoms with Crippen LogP contribution in [0.2, 0.25) is 0 Å². The number of hydroxylamine groups is 2. The number of hydrogen-bond donors (Lipinski definition) is 5. The van der Waals surface area contributed by atoms with Crippen LogP contribution in [0.25, 0.3) is 0 Å². The van der Waals surface area contributed by atoms with Crippen LogP contribution in [0.5, 0.6) is 23.0 Å². The van der Waals surface area contributed by atoms with Gasteiger partial charge in [0, 0.05) is 68.0 Å². The fourth-order valence-corrected chi connectivity index (χ4v) is 10.5. The second-order valence-corrected chi connectivity index (χ2v) is 20.1. The zero-order chi connectivity index (χ0) is 55.5. The molecule has 5 aliphatic heterocycles. The maximum absolute atomic E-state index is 14.1. The zero-order valence-corrected chi connectivity index (χ0v) is 44.1. The summed E-state index contributed by atoms with van der Waals surface area (Å²) in [6.07, 6.45) is 1.74. The Bertz CT molecular complexity index is 3120. The van der Waals surface area contributed by atoms with Crippen molar-refractivity contribution in [1.82, 2.24) is 15.7 Å². The fraction of sp³-hybridized carbons (Fsp3) is 0.345. The summed E-state index contributed by atoms with van der Waals surface area (Å²) in [7, 11) is 3.00. The van der Waals surface area contributed by atoms with E-state index in [1.807, 2.05) is 64.4 Å². The molecule has 410 valence electrons. The van der Waals surface area contributed by atoms with E-state index in [2.05, 4.69) is 26.6 Å². The highest BCUT2D eigenvalue weighted by Gasteiger charge is 2.40. The van der Waals surface area contributed by atoms with Gasteiger partial charge >= 0.3 is 5.97 Å². The lowest BCUT2D eigenvalue weighted by Gasteiger charge is -2.23. The second-order valence-electron chi connectivity index (χ2n) is 20.1. The van der Waals surface area contributed by atoms with E-state index in [0.29, 0.717) is 80.5 Å². The summed E-state index contributed by atoms with van der Waals surface area (Å²) in [6.45, 7) is 3.96. The number of unbranched alkanes of at least 4 members (excludes halogenated alkanes) is 1. The van der Waals surface area contributed by atoms with Gasteiger partial charge in [-0.3, -0.25) is 33.6 Å². The normalized spacial score (nSPS) is 17.4. The molecule has 5 heterocycles. The molecule has 5 N–H and O–H groups in total. The van der Waals surface area contributed by atoms with Crippen LogP contribution in [0, 0.1) is 0 Å². The Kier molecular flexibility index (Phi) is 15.4. The lowest BCUT2D eigenvalue weighted by atomic mass is 10.1. The van der Waals surface area contributed by atoms with Gasteiger partial charge in [0.05, 0.1) is 48.8 Å². The van der Waals surface area contributed by atoms with Crippen molar-refractivity contribution < 1.29 is 62.1 Å². The summed E-state index contributed by atoms with van der Waals surface area (Å²) in [5.74, 6) is -2.50. The lowest BCUT2D eigenvalue weighted by molar-refractivity contribution is -0.197. The maximum Gasteiger partial charge on any atom is 0.333 e. The van der Waals surface area contributed by atoms with Gasteiger partial charge in [0.1, 0.15) is 25.3 Å². The number of hydrogen-bond acceptors (Lipinski definition) is 15. The lowest BCUT2D eigenvalue weighted by Crippen LogP contribution is -2.50. The highest BCUT2D eigenvalue weighted by atomic mass is 16.7. The SMILES string of the molecule is COc1cc2c(cc1OCc1cc(COc3cc4c(cc3OC)C(=O)N3c5ccccc5C[C@H]3CN4)cc(NC(=O)[C@H](C)NC(=O)[C@H](C)NC(=O)CCCCC(=O)ON3C(=O)CCC3=O)c1)NC[C@@H]1Cc3ccccc3N1C2=O. The Hall–Kier alpha value is -9.14. The number of rotatable bonds is 19. The van der Waals surface area contributed by atoms with Gasteiger partial charge in [0.15, 0.2) is 23.0 Å². The highest BCUT2D eigenvalue weighted by molar-refractivity contribution is 6.13. The van der Waals surface area contributed by atoms with Gasteiger partial charge in [-0.15, -0.1) is 5.06 Å². The van der Waals surface area contributed by atoms with Crippen molar-refractivity contribution in [3.05, 3.63) is 124 Å². The topological polar surface area (TPSA) is 253 Å². The molecule has 5 aromatic rings. The quantitative estimate of drug-likeness (QED) is 0.0472. The van der Waals surface area contributed by atoms with Crippen LogP contribution in [-0.4, -0.2) is 104 Å². The van der Waals surface area contributed by atoms with E-state index in [1.165, 1.54) is 28.1 Å². The molecule has 0 unspecified atom stereocenters. The number of nitrogens with zero attached hydrogens (tertiary/aromatic N) is 3.